The first kappa shape index (κ1) is 21.2. The second-order valence-corrected chi connectivity index (χ2v) is 7.62. The van der Waals surface area contributed by atoms with E-state index in [9.17, 15) is 19.2 Å². The summed E-state index contributed by atoms with van der Waals surface area (Å²) in [4.78, 5) is 54.1. The number of Topliss-reactive ketones (excluding diaryl/α,β-unsaturated/α-hetero) is 1. The van der Waals surface area contributed by atoms with Crippen LogP contribution < -0.4 is 5.32 Å². The van der Waals surface area contributed by atoms with Gasteiger partial charge in [-0.2, -0.15) is 0 Å². The Hall–Kier alpha value is -3.54. The molecule has 1 saturated heterocycles. The molecular formula is C24H24N2O4. The van der Waals surface area contributed by atoms with Gasteiger partial charge in [-0.3, -0.25) is 24.1 Å². The topological polar surface area (TPSA) is 83.6 Å². The third-order valence-corrected chi connectivity index (χ3v) is 5.24. The number of carbonyl (C=O) groups excluding carboxylic acids is 4. The summed E-state index contributed by atoms with van der Waals surface area (Å²) < 4.78 is 0. The Morgan fingerprint density at radius 3 is 2.07 bits per heavy atom. The standard InChI is InChI=1S/C24H24N2O4/c1-4-15-24(25-21(28)17-11-7-5-8-12-17)20(27)19(16(2)3)26(23(24)30)22(29)18-13-9-6-10-14-18/h4-14,16,19H,1,15H2,2-3H3,(H,25,28)/t19-,24+/m1/s1. The molecule has 0 spiro atoms. The molecule has 1 fully saturated rings. The van der Waals surface area contributed by atoms with Crippen LogP contribution in [0.2, 0.25) is 0 Å². The van der Waals surface area contributed by atoms with E-state index >= 15 is 0 Å². The Bertz CT molecular complexity index is 985. The number of nitrogens with zero attached hydrogens (tertiary/aromatic N) is 1. The summed E-state index contributed by atoms with van der Waals surface area (Å²) in [5.41, 5.74) is -1.25. The summed E-state index contributed by atoms with van der Waals surface area (Å²) in [5, 5.41) is 2.63. The van der Waals surface area contributed by atoms with Crippen LogP contribution in [-0.2, 0) is 9.59 Å². The molecule has 0 unspecified atom stereocenters. The number of nitrogens with one attached hydrogen (secondary N) is 1. The first-order valence-corrected chi connectivity index (χ1v) is 9.79. The van der Waals surface area contributed by atoms with Crippen LogP contribution in [0.5, 0.6) is 0 Å². The zero-order valence-corrected chi connectivity index (χ0v) is 17.0. The van der Waals surface area contributed by atoms with Crippen molar-refractivity contribution in [3.8, 4) is 0 Å². The van der Waals surface area contributed by atoms with Crippen molar-refractivity contribution in [3.63, 3.8) is 0 Å². The lowest BCUT2D eigenvalue weighted by molar-refractivity contribution is -0.133. The highest BCUT2D eigenvalue weighted by Crippen LogP contribution is 2.34. The van der Waals surface area contributed by atoms with Crippen LogP contribution >= 0.6 is 0 Å². The molecule has 3 rings (SSSR count). The molecule has 2 atom stereocenters. The van der Waals surface area contributed by atoms with Crippen LogP contribution in [0.3, 0.4) is 0 Å². The predicted molar refractivity (Wildman–Crippen MR) is 113 cm³/mol. The van der Waals surface area contributed by atoms with Crippen molar-refractivity contribution in [2.45, 2.75) is 31.8 Å². The molecule has 0 bridgehead atoms. The van der Waals surface area contributed by atoms with E-state index in [0.717, 1.165) is 4.90 Å². The van der Waals surface area contributed by atoms with E-state index in [4.69, 9.17) is 0 Å². The summed E-state index contributed by atoms with van der Waals surface area (Å²) in [5.74, 6) is -2.68. The average Bonchev–Trinajstić information content (AvgIpc) is 2.96. The molecule has 1 aliphatic rings. The molecule has 3 amide bonds. The summed E-state index contributed by atoms with van der Waals surface area (Å²) in [6, 6.07) is 15.7. The van der Waals surface area contributed by atoms with Crippen LogP contribution in [-0.4, -0.2) is 40.0 Å². The Labute approximate surface area is 175 Å². The van der Waals surface area contributed by atoms with Gasteiger partial charge in [0.15, 0.2) is 11.3 Å². The van der Waals surface area contributed by atoms with Crippen molar-refractivity contribution < 1.29 is 19.2 Å². The second kappa shape index (κ2) is 8.45. The smallest absolute Gasteiger partial charge is 0.264 e. The van der Waals surface area contributed by atoms with Crippen LogP contribution in [0.25, 0.3) is 0 Å². The van der Waals surface area contributed by atoms with E-state index in [1.807, 2.05) is 0 Å². The number of carbonyl (C=O) groups is 4. The normalized spacial score (nSPS) is 21.0. The molecule has 6 heteroatoms. The van der Waals surface area contributed by atoms with Crippen LogP contribution in [0.1, 0.15) is 41.0 Å². The monoisotopic (exact) mass is 404 g/mol. The van der Waals surface area contributed by atoms with Gasteiger partial charge in [0.05, 0.1) is 0 Å². The SMILES string of the molecule is C=CC[C@]1(NC(=O)c2ccccc2)C(=O)[C@@H](C(C)C)N(C(=O)c2ccccc2)C1=O. The van der Waals surface area contributed by atoms with Crippen molar-refractivity contribution in [2.24, 2.45) is 5.92 Å². The fourth-order valence-corrected chi connectivity index (χ4v) is 3.77. The van der Waals surface area contributed by atoms with E-state index in [2.05, 4.69) is 11.9 Å². The summed E-state index contributed by atoms with van der Waals surface area (Å²) >= 11 is 0. The minimum absolute atomic E-state index is 0.106. The van der Waals surface area contributed by atoms with Crippen LogP contribution in [0.4, 0.5) is 0 Å². The van der Waals surface area contributed by atoms with Gasteiger partial charge in [-0.25, -0.2) is 0 Å². The lowest BCUT2D eigenvalue weighted by Crippen LogP contribution is -2.58. The van der Waals surface area contributed by atoms with Gasteiger partial charge in [-0.1, -0.05) is 56.3 Å². The Morgan fingerprint density at radius 1 is 1.03 bits per heavy atom. The fraction of sp³-hybridized carbons (Fsp3) is 0.250. The highest BCUT2D eigenvalue weighted by Gasteiger charge is 2.61. The van der Waals surface area contributed by atoms with E-state index in [1.165, 1.54) is 6.08 Å². The molecule has 154 valence electrons. The van der Waals surface area contributed by atoms with Gasteiger partial charge in [-0.05, 0) is 30.2 Å². The Balaban J connectivity index is 2.05. The molecule has 6 nitrogen and oxygen atoms in total. The molecule has 1 heterocycles. The number of ketones is 1. The Morgan fingerprint density at radius 2 is 1.57 bits per heavy atom. The third kappa shape index (κ3) is 3.56. The van der Waals surface area contributed by atoms with Gasteiger partial charge in [0.1, 0.15) is 6.04 Å². The summed E-state index contributed by atoms with van der Waals surface area (Å²) in [6.45, 7) is 7.19. The minimum Gasteiger partial charge on any atom is -0.331 e. The van der Waals surface area contributed by atoms with E-state index in [0.29, 0.717) is 11.1 Å². The number of amides is 3. The Kier molecular flexibility index (Phi) is 5.96. The largest absolute Gasteiger partial charge is 0.331 e. The van der Waals surface area contributed by atoms with Crippen molar-refractivity contribution in [3.05, 3.63) is 84.4 Å². The fourth-order valence-electron chi connectivity index (χ4n) is 3.77. The molecule has 0 radical (unpaired) electrons. The molecule has 30 heavy (non-hydrogen) atoms. The molecule has 1 N–H and O–H groups in total. The molecular weight excluding hydrogens is 380 g/mol. The van der Waals surface area contributed by atoms with Crippen LogP contribution in [0, 0.1) is 5.92 Å². The maximum absolute atomic E-state index is 13.5. The van der Waals surface area contributed by atoms with Gasteiger partial charge in [0.2, 0.25) is 0 Å². The zero-order valence-electron chi connectivity index (χ0n) is 17.0. The predicted octanol–water partition coefficient (Wildman–Crippen LogP) is 3.01. The number of hydrogen-bond donors (Lipinski definition) is 1. The van der Waals surface area contributed by atoms with Gasteiger partial charge in [-0.15, -0.1) is 6.58 Å². The van der Waals surface area contributed by atoms with Gasteiger partial charge in [0, 0.05) is 17.5 Å². The van der Waals surface area contributed by atoms with Gasteiger partial charge < -0.3 is 5.32 Å². The van der Waals surface area contributed by atoms with E-state index < -0.39 is 35.1 Å². The van der Waals surface area contributed by atoms with Crippen molar-refractivity contribution in [1.29, 1.82) is 0 Å². The molecule has 2 aromatic carbocycles. The highest BCUT2D eigenvalue weighted by atomic mass is 16.2. The number of benzene rings is 2. The number of imide groups is 1. The molecule has 0 aromatic heterocycles. The number of hydrogen-bond acceptors (Lipinski definition) is 4. The molecule has 1 aliphatic heterocycles. The molecule has 2 aromatic rings. The summed E-state index contributed by atoms with van der Waals surface area (Å²) in [7, 11) is 0. The van der Waals surface area contributed by atoms with Crippen LogP contribution in [0.15, 0.2) is 73.3 Å². The first-order chi connectivity index (χ1) is 14.3. The second-order valence-electron chi connectivity index (χ2n) is 7.62. The zero-order chi connectivity index (χ0) is 21.9. The van der Waals surface area contributed by atoms with Gasteiger partial charge >= 0.3 is 0 Å². The average molecular weight is 404 g/mol. The number of likely N-dealkylation sites (tertiary alicyclic amines) is 1. The quantitative estimate of drug-likeness (QED) is 0.456. The maximum Gasteiger partial charge on any atom is 0.264 e. The van der Waals surface area contributed by atoms with Gasteiger partial charge in [0.25, 0.3) is 17.7 Å². The lowest BCUT2D eigenvalue weighted by atomic mass is 9.86. The molecule has 0 aliphatic carbocycles. The van der Waals surface area contributed by atoms with E-state index in [-0.39, 0.29) is 12.3 Å². The van der Waals surface area contributed by atoms with E-state index in [1.54, 1.807) is 74.5 Å². The number of rotatable bonds is 6. The van der Waals surface area contributed by atoms with Crippen molar-refractivity contribution in [1.82, 2.24) is 10.2 Å². The first-order valence-electron chi connectivity index (χ1n) is 9.79. The highest BCUT2D eigenvalue weighted by molar-refractivity contribution is 6.27. The summed E-state index contributed by atoms with van der Waals surface area (Å²) in [6.07, 6.45) is 1.31. The maximum atomic E-state index is 13.5. The van der Waals surface area contributed by atoms with Crippen molar-refractivity contribution >= 4 is 23.5 Å². The minimum atomic E-state index is -1.87. The van der Waals surface area contributed by atoms with Crippen molar-refractivity contribution in [2.75, 3.05) is 0 Å². The molecule has 0 saturated carbocycles. The third-order valence-electron chi connectivity index (χ3n) is 5.24. The lowest BCUT2D eigenvalue weighted by Gasteiger charge is -2.26.